The largest absolute Gasteiger partial charge is 0.389 e. The van der Waals surface area contributed by atoms with E-state index in [-0.39, 0.29) is 20.7 Å². The van der Waals surface area contributed by atoms with Crippen LogP contribution in [0.25, 0.3) is 0 Å². The fraction of sp³-hybridized carbons (Fsp3) is 0.500. The van der Waals surface area contributed by atoms with Crippen LogP contribution in [0.1, 0.15) is 17.7 Å². The van der Waals surface area contributed by atoms with Gasteiger partial charge in [-0.1, -0.05) is 12.2 Å². The summed E-state index contributed by atoms with van der Waals surface area (Å²) in [6.07, 6.45) is 0.990. The van der Waals surface area contributed by atoms with E-state index < -0.39 is 25.9 Å². The van der Waals surface area contributed by atoms with Crippen LogP contribution in [-0.2, 0) is 19.9 Å². The zero-order valence-corrected chi connectivity index (χ0v) is 13.7. The molecule has 1 atom stereocenters. The average Bonchev–Trinajstić information content (AvgIpc) is 2.76. The molecule has 20 heavy (non-hydrogen) atoms. The van der Waals surface area contributed by atoms with Gasteiger partial charge in [0, 0.05) is 6.04 Å². The Balaban J connectivity index is 2.16. The lowest BCUT2D eigenvalue weighted by Gasteiger charge is -2.22. The van der Waals surface area contributed by atoms with Crippen molar-refractivity contribution in [1.29, 1.82) is 0 Å². The predicted molar refractivity (Wildman–Crippen MR) is 82.2 cm³/mol. The van der Waals surface area contributed by atoms with Crippen LogP contribution in [0.15, 0.2) is 16.3 Å². The monoisotopic (exact) mass is 354 g/mol. The highest BCUT2D eigenvalue weighted by atomic mass is 32.2. The van der Waals surface area contributed by atoms with Crippen LogP contribution in [0.3, 0.4) is 0 Å². The van der Waals surface area contributed by atoms with Gasteiger partial charge < -0.3 is 5.73 Å². The molecule has 2 heterocycles. The van der Waals surface area contributed by atoms with E-state index in [1.54, 1.807) is 6.07 Å². The molecule has 0 radical (unpaired) electrons. The maximum Gasteiger partial charge on any atom is 0.250 e. The van der Waals surface area contributed by atoms with Gasteiger partial charge in [0.1, 0.15) is 9.20 Å². The van der Waals surface area contributed by atoms with Crippen molar-refractivity contribution in [3.05, 3.63) is 17.0 Å². The number of rotatable bonds is 4. The molecular weight excluding hydrogens is 340 g/mol. The minimum absolute atomic E-state index is 0.0864. The van der Waals surface area contributed by atoms with Gasteiger partial charge in [0.25, 0.3) is 0 Å². The van der Waals surface area contributed by atoms with Gasteiger partial charge in [0.15, 0.2) is 9.84 Å². The molecule has 1 fully saturated rings. The highest BCUT2D eigenvalue weighted by molar-refractivity contribution is 7.92. The third kappa shape index (κ3) is 3.76. The molecule has 0 saturated carbocycles. The van der Waals surface area contributed by atoms with Crippen LogP contribution in [0.2, 0.25) is 0 Å². The topological polar surface area (TPSA) is 106 Å². The molecule has 0 amide bonds. The molecule has 112 valence electrons. The number of nitrogens with two attached hydrogens (primary N) is 1. The lowest BCUT2D eigenvalue weighted by molar-refractivity contribution is 0.518. The van der Waals surface area contributed by atoms with E-state index in [0.29, 0.717) is 17.7 Å². The molecule has 0 aliphatic carbocycles. The van der Waals surface area contributed by atoms with Gasteiger partial charge >= 0.3 is 0 Å². The third-order valence-corrected chi connectivity index (χ3v) is 8.17. The van der Waals surface area contributed by atoms with Crippen molar-refractivity contribution in [2.45, 2.75) is 23.1 Å². The molecule has 1 aliphatic heterocycles. The maximum absolute atomic E-state index is 12.2. The lowest BCUT2D eigenvalue weighted by Crippen LogP contribution is -2.42. The van der Waals surface area contributed by atoms with E-state index in [2.05, 4.69) is 4.72 Å². The van der Waals surface area contributed by atoms with Crippen LogP contribution in [0, 0.1) is 0 Å². The summed E-state index contributed by atoms with van der Waals surface area (Å²) in [5.41, 5.74) is 5.44. The van der Waals surface area contributed by atoms with Gasteiger partial charge in [0.2, 0.25) is 10.0 Å². The number of hydrogen-bond donors (Lipinski definition) is 2. The lowest BCUT2D eigenvalue weighted by atomic mass is 10.2. The van der Waals surface area contributed by atoms with Gasteiger partial charge in [-0.25, -0.2) is 21.6 Å². The molecule has 3 N–H and O–H groups in total. The van der Waals surface area contributed by atoms with Gasteiger partial charge in [-0.3, -0.25) is 0 Å². The standard InChI is InChI=1S/C10H14N2O4S4/c11-10(17)8-3-4-9(18-8)20(15,16)12-7-2-1-5-19(13,14)6-7/h3-4,7,12H,1-2,5-6H2,(H2,11,17). The van der Waals surface area contributed by atoms with Crippen LogP contribution < -0.4 is 10.5 Å². The van der Waals surface area contributed by atoms with Gasteiger partial charge in [-0.05, 0) is 25.0 Å². The maximum atomic E-state index is 12.2. The summed E-state index contributed by atoms with van der Waals surface area (Å²) in [6.45, 7) is 0. The van der Waals surface area contributed by atoms with Crippen molar-refractivity contribution >= 4 is 48.4 Å². The Kier molecular flexibility index (Phi) is 4.50. The third-order valence-electron chi connectivity index (χ3n) is 2.87. The normalized spacial score (nSPS) is 22.5. The summed E-state index contributed by atoms with van der Waals surface area (Å²) in [7, 11) is -6.89. The molecule has 1 aromatic rings. The quantitative estimate of drug-likeness (QED) is 0.750. The number of sulfone groups is 1. The molecule has 0 aromatic carbocycles. The van der Waals surface area contributed by atoms with Crippen molar-refractivity contribution in [3.8, 4) is 0 Å². The molecule has 2 rings (SSSR count). The zero-order valence-electron chi connectivity index (χ0n) is 10.4. The van der Waals surface area contributed by atoms with E-state index in [1.807, 2.05) is 0 Å². The summed E-state index contributed by atoms with van der Waals surface area (Å²) >= 11 is 5.75. The molecule has 1 saturated heterocycles. The van der Waals surface area contributed by atoms with Crippen LogP contribution >= 0.6 is 23.6 Å². The van der Waals surface area contributed by atoms with Crippen molar-refractivity contribution in [1.82, 2.24) is 4.72 Å². The van der Waals surface area contributed by atoms with E-state index in [4.69, 9.17) is 18.0 Å². The highest BCUT2D eigenvalue weighted by Crippen LogP contribution is 2.23. The molecule has 10 heteroatoms. The summed E-state index contributed by atoms with van der Waals surface area (Å²) < 4.78 is 49.9. The Bertz CT molecular complexity index is 720. The number of nitrogens with one attached hydrogen (secondary N) is 1. The molecule has 1 unspecified atom stereocenters. The number of sulfonamides is 1. The van der Waals surface area contributed by atoms with E-state index >= 15 is 0 Å². The van der Waals surface area contributed by atoms with Gasteiger partial charge in [-0.15, -0.1) is 11.3 Å². The Hall–Kier alpha value is -0.550. The van der Waals surface area contributed by atoms with E-state index in [1.165, 1.54) is 6.07 Å². The second-order valence-electron chi connectivity index (χ2n) is 4.56. The van der Waals surface area contributed by atoms with Crippen molar-refractivity contribution in [2.75, 3.05) is 11.5 Å². The predicted octanol–water partition coefficient (Wildman–Crippen LogP) is 0.238. The molecular formula is C10H14N2O4S4. The van der Waals surface area contributed by atoms with Crippen molar-refractivity contribution in [2.24, 2.45) is 5.73 Å². The zero-order chi connectivity index (χ0) is 15.0. The fourth-order valence-corrected chi connectivity index (χ4v) is 6.37. The molecule has 6 nitrogen and oxygen atoms in total. The van der Waals surface area contributed by atoms with Crippen molar-refractivity contribution in [3.63, 3.8) is 0 Å². The van der Waals surface area contributed by atoms with Crippen LogP contribution in [-0.4, -0.2) is 39.4 Å². The smallest absolute Gasteiger partial charge is 0.250 e. The van der Waals surface area contributed by atoms with E-state index in [9.17, 15) is 16.8 Å². The van der Waals surface area contributed by atoms with Gasteiger partial charge in [0.05, 0.1) is 16.4 Å². The van der Waals surface area contributed by atoms with Crippen LogP contribution in [0.5, 0.6) is 0 Å². The number of thiocarbonyl (C=S) groups is 1. The fourth-order valence-electron chi connectivity index (χ4n) is 1.99. The minimum atomic E-state index is -3.73. The van der Waals surface area contributed by atoms with Gasteiger partial charge in [-0.2, -0.15) is 0 Å². The first-order valence-electron chi connectivity index (χ1n) is 5.82. The average molecular weight is 355 g/mol. The first-order valence-corrected chi connectivity index (χ1v) is 10.3. The van der Waals surface area contributed by atoms with E-state index in [0.717, 1.165) is 11.3 Å². The summed E-state index contributed by atoms with van der Waals surface area (Å²) in [5.74, 6) is -0.0322. The SMILES string of the molecule is NC(=S)c1ccc(S(=O)(=O)NC2CCCS(=O)(=O)C2)s1. The Morgan fingerprint density at radius 3 is 2.70 bits per heavy atom. The Labute approximate surface area is 127 Å². The first-order chi connectivity index (χ1) is 9.20. The van der Waals surface area contributed by atoms with Crippen LogP contribution in [0.4, 0.5) is 0 Å². The Morgan fingerprint density at radius 2 is 2.15 bits per heavy atom. The summed E-state index contributed by atoms with van der Waals surface area (Å²) in [6, 6.07) is 2.38. The first kappa shape index (κ1) is 15.8. The number of thiophene rings is 1. The second kappa shape index (κ2) is 5.68. The molecule has 0 bridgehead atoms. The molecule has 1 aliphatic rings. The minimum Gasteiger partial charge on any atom is -0.389 e. The summed E-state index contributed by atoms with van der Waals surface area (Å²) in [5, 5.41) is 0. The second-order valence-corrected chi connectivity index (χ2v) is 10.3. The summed E-state index contributed by atoms with van der Waals surface area (Å²) in [4.78, 5) is 0.647. The molecule has 0 spiro atoms. The van der Waals surface area contributed by atoms with Crippen molar-refractivity contribution < 1.29 is 16.8 Å². The Morgan fingerprint density at radius 1 is 1.45 bits per heavy atom. The molecule has 1 aromatic heterocycles. The highest BCUT2D eigenvalue weighted by Gasteiger charge is 2.29. The number of hydrogen-bond acceptors (Lipinski definition) is 6.